The molecule has 2 aromatic carbocycles. The molecule has 0 radical (unpaired) electrons. The molecule has 0 N–H and O–H groups in total. The maximum atomic E-state index is 12.6. The maximum absolute atomic E-state index is 12.6. The molecule has 20 heavy (non-hydrogen) atoms. The Bertz CT molecular complexity index is 627. The van der Waals surface area contributed by atoms with Gasteiger partial charge in [0, 0.05) is 10.6 Å². The Labute approximate surface area is 119 Å². The summed E-state index contributed by atoms with van der Waals surface area (Å²) in [5.74, 6) is 0.454. The number of nitriles is 1. The molecule has 0 heterocycles. The van der Waals surface area contributed by atoms with E-state index in [2.05, 4.69) is 0 Å². The maximum Gasteiger partial charge on any atom is 0.416 e. The van der Waals surface area contributed by atoms with Gasteiger partial charge in [-0.15, -0.1) is 11.8 Å². The number of thioether (sulfide) groups is 1. The zero-order chi connectivity index (χ0) is 14.6. The molecule has 0 amide bonds. The highest BCUT2D eigenvalue weighted by molar-refractivity contribution is 7.98. The molecular formula is C15H10F3NS. The van der Waals surface area contributed by atoms with Crippen molar-refractivity contribution in [2.24, 2.45) is 0 Å². The van der Waals surface area contributed by atoms with Gasteiger partial charge in [0.1, 0.15) is 0 Å². The Morgan fingerprint density at radius 3 is 2.35 bits per heavy atom. The van der Waals surface area contributed by atoms with E-state index in [1.807, 2.05) is 6.07 Å². The highest BCUT2D eigenvalue weighted by Crippen LogP contribution is 2.31. The fourth-order valence-electron chi connectivity index (χ4n) is 1.63. The second-order valence-electron chi connectivity index (χ2n) is 4.12. The summed E-state index contributed by atoms with van der Waals surface area (Å²) < 4.78 is 37.7. The van der Waals surface area contributed by atoms with E-state index in [0.717, 1.165) is 17.0 Å². The molecule has 5 heteroatoms. The molecule has 102 valence electrons. The van der Waals surface area contributed by atoms with Crippen molar-refractivity contribution in [3.63, 3.8) is 0 Å². The molecule has 0 saturated carbocycles. The summed E-state index contributed by atoms with van der Waals surface area (Å²) in [6, 6.07) is 14.3. The standard InChI is InChI=1S/C15H10F3NS/c16-15(17,18)13-3-1-2-12(8-13)10-20-14-6-4-11(9-19)5-7-14/h1-8H,10H2. The van der Waals surface area contributed by atoms with Crippen LogP contribution in [0.3, 0.4) is 0 Å². The second-order valence-corrected chi connectivity index (χ2v) is 5.17. The lowest BCUT2D eigenvalue weighted by Crippen LogP contribution is -2.04. The van der Waals surface area contributed by atoms with Crippen molar-refractivity contribution >= 4 is 11.8 Å². The molecule has 2 rings (SSSR count). The molecule has 0 aliphatic carbocycles. The third-order valence-electron chi connectivity index (χ3n) is 2.64. The second kappa shape index (κ2) is 6.02. The molecular weight excluding hydrogens is 283 g/mol. The van der Waals surface area contributed by atoms with Gasteiger partial charge in [-0.25, -0.2) is 0 Å². The number of alkyl halides is 3. The summed E-state index contributed by atoms with van der Waals surface area (Å²) in [6.07, 6.45) is -4.31. The van der Waals surface area contributed by atoms with Gasteiger partial charge >= 0.3 is 6.18 Å². The topological polar surface area (TPSA) is 23.8 Å². The first-order valence-electron chi connectivity index (χ1n) is 5.78. The van der Waals surface area contributed by atoms with Gasteiger partial charge in [-0.3, -0.25) is 0 Å². The van der Waals surface area contributed by atoms with E-state index in [1.54, 1.807) is 30.3 Å². The number of benzene rings is 2. The van der Waals surface area contributed by atoms with Gasteiger partial charge in [0.05, 0.1) is 17.2 Å². The number of nitrogens with zero attached hydrogens (tertiary/aromatic N) is 1. The molecule has 0 unspecified atom stereocenters. The van der Waals surface area contributed by atoms with Gasteiger partial charge in [0.25, 0.3) is 0 Å². The quantitative estimate of drug-likeness (QED) is 0.754. The first kappa shape index (κ1) is 14.5. The largest absolute Gasteiger partial charge is 0.416 e. The van der Waals surface area contributed by atoms with Gasteiger partial charge in [0.15, 0.2) is 0 Å². The summed E-state index contributed by atoms with van der Waals surface area (Å²) in [7, 11) is 0. The third-order valence-corrected chi connectivity index (χ3v) is 3.73. The van der Waals surface area contributed by atoms with Crippen LogP contribution < -0.4 is 0 Å². The molecule has 0 saturated heterocycles. The molecule has 1 nitrogen and oxygen atoms in total. The van der Waals surface area contributed by atoms with Gasteiger partial charge in [-0.2, -0.15) is 18.4 Å². The average molecular weight is 293 g/mol. The molecule has 0 atom stereocenters. The van der Waals surface area contributed by atoms with Crippen LogP contribution in [-0.2, 0) is 11.9 Å². The minimum Gasteiger partial charge on any atom is -0.192 e. The lowest BCUT2D eigenvalue weighted by Gasteiger charge is -2.08. The van der Waals surface area contributed by atoms with E-state index in [1.165, 1.54) is 17.8 Å². The third kappa shape index (κ3) is 3.78. The Balaban J connectivity index is 2.05. The molecule has 2 aromatic rings. The van der Waals surface area contributed by atoms with Crippen LogP contribution in [0.5, 0.6) is 0 Å². The first-order valence-corrected chi connectivity index (χ1v) is 6.77. The highest BCUT2D eigenvalue weighted by atomic mass is 32.2. The molecule has 0 aliphatic rings. The van der Waals surface area contributed by atoms with Crippen LogP contribution >= 0.6 is 11.8 Å². The Kier molecular flexibility index (Phi) is 4.35. The van der Waals surface area contributed by atoms with Crippen LogP contribution in [0.15, 0.2) is 53.4 Å². The summed E-state index contributed by atoms with van der Waals surface area (Å²) >= 11 is 1.44. The Morgan fingerprint density at radius 2 is 1.75 bits per heavy atom. The van der Waals surface area contributed by atoms with E-state index < -0.39 is 11.7 Å². The normalized spacial score (nSPS) is 11.1. The van der Waals surface area contributed by atoms with Gasteiger partial charge in [-0.05, 0) is 35.9 Å². The van der Waals surface area contributed by atoms with Crippen LogP contribution in [0.4, 0.5) is 13.2 Å². The molecule has 0 spiro atoms. The van der Waals surface area contributed by atoms with Gasteiger partial charge in [0.2, 0.25) is 0 Å². The van der Waals surface area contributed by atoms with Crippen molar-refractivity contribution in [1.29, 1.82) is 5.26 Å². The van der Waals surface area contributed by atoms with Crippen LogP contribution in [0, 0.1) is 11.3 Å². The summed E-state index contributed by atoms with van der Waals surface area (Å²) in [6.45, 7) is 0. The van der Waals surface area contributed by atoms with Crippen LogP contribution in [0.25, 0.3) is 0 Å². The predicted molar refractivity (Wildman–Crippen MR) is 72.2 cm³/mol. The predicted octanol–water partition coefficient (Wildman–Crippen LogP) is 4.87. The van der Waals surface area contributed by atoms with E-state index in [0.29, 0.717) is 16.9 Å². The van der Waals surface area contributed by atoms with Crippen molar-refractivity contribution in [2.75, 3.05) is 0 Å². The molecule has 0 fully saturated rings. The van der Waals surface area contributed by atoms with Crippen molar-refractivity contribution in [2.45, 2.75) is 16.8 Å². The fraction of sp³-hybridized carbons (Fsp3) is 0.133. The summed E-state index contributed by atoms with van der Waals surface area (Å²) in [5.41, 5.74) is 0.554. The number of rotatable bonds is 3. The highest BCUT2D eigenvalue weighted by Gasteiger charge is 2.30. The van der Waals surface area contributed by atoms with Gasteiger partial charge in [-0.1, -0.05) is 18.2 Å². The van der Waals surface area contributed by atoms with Crippen molar-refractivity contribution in [3.8, 4) is 6.07 Å². The fourth-order valence-corrected chi connectivity index (χ4v) is 2.47. The molecule has 0 bridgehead atoms. The SMILES string of the molecule is N#Cc1ccc(SCc2cccc(C(F)(F)F)c2)cc1. The van der Waals surface area contributed by atoms with E-state index in [-0.39, 0.29) is 0 Å². The molecule has 0 aliphatic heterocycles. The zero-order valence-corrected chi connectivity index (χ0v) is 11.1. The minimum atomic E-state index is -4.31. The number of hydrogen-bond donors (Lipinski definition) is 0. The van der Waals surface area contributed by atoms with E-state index in [4.69, 9.17) is 5.26 Å². The van der Waals surface area contributed by atoms with Crippen LogP contribution in [0.1, 0.15) is 16.7 Å². The average Bonchev–Trinajstić information content (AvgIpc) is 2.45. The van der Waals surface area contributed by atoms with Crippen molar-refractivity contribution < 1.29 is 13.2 Å². The van der Waals surface area contributed by atoms with Crippen molar-refractivity contribution in [3.05, 3.63) is 65.2 Å². The lowest BCUT2D eigenvalue weighted by molar-refractivity contribution is -0.137. The molecule has 0 aromatic heterocycles. The lowest BCUT2D eigenvalue weighted by atomic mass is 10.1. The van der Waals surface area contributed by atoms with Crippen molar-refractivity contribution in [1.82, 2.24) is 0 Å². The smallest absolute Gasteiger partial charge is 0.192 e. The Hall–Kier alpha value is -1.93. The zero-order valence-electron chi connectivity index (χ0n) is 10.3. The number of halogens is 3. The minimum absolute atomic E-state index is 0.454. The van der Waals surface area contributed by atoms with Crippen LogP contribution in [0.2, 0.25) is 0 Å². The first-order chi connectivity index (χ1) is 9.49. The summed E-state index contributed by atoms with van der Waals surface area (Å²) in [4.78, 5) is 0.918. The van der Waals surface area contributed by atoms with E-state index in [9.17, 15) is 13.2 Å². The van der Waals surface area contributed by atoms with Gasteiger partial charge < -0.3 is 0 Å². The van der Waals surface area contributed by atoms with Crippen LogP contribution in [-0.4, -0.2) is 0 Å². The summed E-state index contributed by atoms with van der Waals surface area (Å²) in [5, 5.41) is 8.68. The number of hydrogen-bond acceptors (Lipinski definition) is 2. The monoisotopic (exact) mass is 293 g/mol. The van der Waals surface area contributed by atoms with E-state index >= 15 is 0 Å². The Morgan fingerprint density at radius 1 is 1.05 bits per heavy atom.